The van der Waals surface area contributed by atoms with Crippen molar-refractivity contribution in [3.05, 3.63) is 69.5 Å². The third-order valence-corrected chi connectivity index (χ3v) is 4.51. The van der Waals surface area contributed by atoms with E-state index in [-0.39, 0.29) is 29.6 Å². The van der Waals surface area contributed by atoms with Crippen molar-refractivity contribution in [3.63, 3.8) is 0 Å². The first-order valence-electron chi connectivity index (χ1n) is 7.28. The molecule has 4 nitrogen and oxygen atoms in total. The smallest absolute Gasteiger partial charge is 0.259 e. The van der Waals surface area contributed by atoms with E-state index in [0.717, 1.165) is 6.07 Å². The second kappa shape index (κ2) is 6.79. The van der Waals surface area contributed by atoms with Crippen molar-refractivity contribution >= 4 is 35.0 Å². The molecule has 0 spiro atoms. The lowest BCUT2D eigenvalue weighted by Crippen LogP contribution is -2.52. The van der Waals surface area contributed by atoms with Gasteiger partial charge in [0.15, 0.2) is 0 Å². The van der Waals surface area contributed by atoms with Crippen LogP contribution in [0.4, 0.5) is 4.39 Å². The van der Waals surface area contributed by atoms with Crippen molar-refractivity contribution in [1.29, 1.82) is 0 Å². The maximum Gasteiger partial charge on any atom is 0.259 e. The summed E-state index contributed by atoms with van der Waals surface area (Å²) in [5.41, 5.74) is 0.239. The standard InChI is InChI=1S/C17H13Cl2FN2O2/c18-11-5-2-1-4-10(11)15-16(23)21-8-9-22(15)17(24)14-12(19)6-3-7-13(14)20/h1-7,15H,8-9H2,(H,21,23). The summed E-state index contributed by atoms with van der Waals surface area (Å²) in [4.78, 5) is 26.5. The number of hydrogen-bond donors (Lipinski definition) is 1. The summed E-state index contributed by atoms with van der Waals surface area (Å²) in [6, 6.07) is 9.84. The van der Waals surface area contributed by atoms with Crippen LogP contribution >= 0.6 is 23.2 Å². The lowest BCUT2D eigenvalue weighted by atomic mass is 10.0. The van der Waals surface area contributed by atoms with Crippen molar-refractivity contribution in [3.8, 4) is 0 Å². The van der Waals surface area contributed by atoms with Gasteiger partial charge in [0.05, 0.1) is 10.6 Å². The highest BCUT2D eigenvalue weighted by Crippen LogP contribution is 2.32. The molecular formula is C17H13Cl2FN2O2. The number of nitrogens with zero attached hydrogens (tertiary/aromatic N) is 1. The molecule has 1 saturated heterocycles. The van der Waals surface area contributed by atoms with Gasteiger partial charge in [-0.15, -0.1) is 0 Å². The number of piperazine rings is 1. The number of nitrogens with one attached hydrogen (secondary N) is 1. The summed E-state index contributed by atoms with van der Waals surface area (Å²) in [7, 11) is 0. The van der Waals surface area contributed by atoms with Gasteiger partial charge < -0.3 is 10.2 Å². The number of halogens is 3. The van der Waals surface area contributed by atoms with Gasteiger partial charge in [-0.1, -0.05) is 47.5 Å². The summed E-state index contributed by atoms with van der Waals surface area (Å²) in [6.07, 6.45) is 0. The second-order valence-electron chi connectivity index (χ2n) is 5.31. The lowest BCUT2D eigenvalue weighted by molar-refractivity contribution is -0.128. The lowest BCUT2D eigenvalue weighted by Gasteiger charge is -2.35. The summed E-state index contributed by atoms with van der Waals surface area (Å²) >= 11 is 12.2. The van der Waals surface area contributed by atoms with Gasteiger partial charge in [-0.05, 0) is 18.2 Å². The van der Waals surface area contributed by atoms with Crippen molar-refractivity contribution in [1.82, 2.24) is 10.2 Å². The minimum Gasteiger partial charge on any atom is -0.352 e. The van der Waals surface area contributed by atoms with Crippen LogP contribution in [0.2, 0.25) is 10.0 Å². The van der Waals surface area contributed by atoms with Crippen LogP contribution in [-0.4, -0.2) is 29.8 Å². The van der Waals surface area contributed by atoms with Gasteiger partial charge in [-0.25, -0.2) is 4.39 Å². The first-order valence-corrected chi connectivity index (χ1v) is 8.03. The largest absolute Gasteiger partial charge is 0.352 e. The van der Waals surface area contributed by atoms with Gasteiger partial charge in [0.25, 0.3) is 5.91 Å². The van der Waals surface area contributed by atoms with E-state index < -0.39 is 17.8 Å². The van der Waals surface area contributed by atoms with Gasteiger partial charge in [0.2, 0.25) is 5.91 Å². The van der Waals surface area contributed by atoms with E-state index in [4.69, 9.17) is 23.2 Å². The molecule has 124 valence electrons. The first kappa shape index (κ1) is 16.7. The molecule has 2 aromatic carbocycles. The Balaban J connectivity index is 2.06. The van der Waals surface area contributed by atoms with E-state index in [1.807, 2.05) is 0 Å². The van der Waals surface area contributed by atoms with Crippen LogP contribution in [0, 0.1) is 5.82 Å². The molecule has 1 atom stereocenters. The second-order valence-corrected chi connectivity index (χ2v) is 6.12. The highest BCUT2D eigenvalue weighted by molar-refractivity contribution is 6.34. The zero-order valence-corrected chi connectivity index (χ0v) is 13.9. The molecule has 0 aliphatic carbocycles. The zero-order valence-electron chi connectivity index (χ0n) is 12.4. The Morgan fingerprint density at radius 1 is 1.12 bits per heavy atom. The molecule has 1 fully saturated rings. The first-order chi connectivity index (χ1) is 11.5. The third kappa shape index (κ3) is 2.97. The average molecular weight is 367 g/mol. The van der Waals surface area contributed by atoms with Crippen LogP contribution in [0.3, 0.4) is 0 Å². The van der Waals surface area contributed by atoms with Gasteiger partial charge in [0.1, 0.15) is 11.9 Å². The summed E-state index contributed by atoms with van der Waals surface area (Å²) in [6.45, 7) is 0.503. The Bertz CT molecular complexity index is 793. The van der Waals surface area contributed by atoms with Gasteiger partial charge in [0, 0.05) is 23.7 Å². The Morgan fingerprint density at radius 2 is 1.83 bits per heavy atom. The fraction of sp³-hybridized carbons (Fsp3) is 0.176. The predicted molar refractivity (Wildman–Crippen MR) is 89.6 cm³/mol. The Morgan fingerprint density at radius 3 is 2.54 bits per heavy atom. The Labute approximate surface area is 148 Å². The van der Waals surface area contributed by atoms with E-state index in [9.17, 15) is 14.0 Å². The molecule has 24 heavy (non-hydrogen) atoms. The third-order valence-electron chi connectivity index (χ3n) is 3.85. The molecule has 0 saturated carbocycles. The molecule has 1 N–H and O–H groups in total. The topological polar surface area (TPSA) is 49.4 Å². The fourth-order valence-electron chi connectivity index (χ4n) is 2.74. The number of carbonyl (C=O) groups is 2. The predicted octanol–water partition coefficient (Wildman–Crippen LogP) is 3.45. The van der Waals surface area contributed by atoms with Crippen molar-refractivity contribution in [2.75, 3.05) is 13.1 Å². The molecule has 1 aliphatic rings. The minimum absolute atomic E-state index is 0.00360. The molecule has 3 rings (SSSR count). The fourth-order valence-corrected chi connectivity index (χ4v) is 3.22. The molecule has 2 amide bonds. The molecule has 0 radical (unpaired) electrons. The van der Waals surface area contributed by atoms with Gasteiger partial charge >= 0.3 is 0 Å². The van der Waals surface area contributed by atoms with Crippen LogP contribution in [-0.2, 0) is 4.79 Å². The van der Waals surface area contributed by atoms with Crippen LogP contribution in [0.1, 0.15) is 22.0 Å². The van der Waals surface area contributed by atoms with Gasteiger partial charge in [-0.2, -0.15) is 0 Å². The Hall–Kier alpha value is -2.11. The van der Waals surface area contributed by atoms with Gasteiger partial charge in [-0.3, -0.25) is 9.59 Å². The van der Waals surface area contributed by atoms with Crippen LogP contribution < -0.4 is 5.32 Å². The average Bonchev–Trinajstić information content (AvgIpc) is 2.55. The molecule has 2 aromatic rings. The molecule has 1 heterocycles. The number of rotatable bonds is 2. The van der Waals surface area contributed by atoms with E-state index in [1.54, 1.807) is 24.3 Å². The number of carbonyl (C=O) groups excluding carboxylic acids is 2. The molecule has 1 aliphatic heterocycles. The molecule has 7 heteroatoms. The minimum atomic E-state index is -0.935. The maximum atomic E-state index is 14.1. The summed E-state index contributed by atoms with van der Waals surface area (Å²) < 4.78 is 14.1. The number of hydrogen-bond acceptors (Lipinski definition) is 2. The molecule has 1 unspecified atom stereocenters. The van der Waals surface area contributed by atoms with Crippen molar-refractivity contribution in [2.45, 2.75) is 6.04 Å². The Kier molecular flexibility index (Phi) is 4.73. The zero-order chi connectivity index (χ0) is 17.3. The monoisotopic (exact) mass is 366 g/mol. The summed E-state index contributed by atoms with van der Waals surface area (Å²) in [5.74, 6) is -1.73. The van der Waals surface area contributed by atoms with E-state index in [2.05, 4.69) is 5.32 Å². The van der Waals surface area contributed by atoms with Crippen molar-refractivity contribution in [2.24, 2.45) is 0 Å². The highest BCUT2D eigenvalue weighted by atomic mass is 35.5. The SMILES string of the molecule is O=C1NCCN(C(=O)c2c(F)cccc2Cl)C1c1ccccc1Cl. The maximum absolute atomic E-state index is 14.1. The van der Waals surface area contributed by atoms with Crippen molar-refractivity contribution < 1.29 is 14.0 Å². The van der Waals surface area contributed by atoms with Crippen LogP contribution in [0.25, 0.3) is 0 Å². The van der Waals surface area contributed by atoms with E-state index in [1.165, 1.54) is 17.0 Å². The number of benzene rings is 2. The van der Waals surface area contributed by atoms with E-state index in [0.29, 0.717) is 10.6 Å². The van der Waals surface area contributed by atoms with E-state index >= 15 is 0 Å². The summed E-state index contributed by atoms with van der Waals surface area (Å²) in [5, 5.41) is 3.07. The molecular weight excluding hydrogens is 354 g/mol. The van der Waals surface area contributed by atoms with Crippen LogP contribution in [0.15, 0.2) is 42.5 Å². The molecule has 0 bridgehead atoms. The van der Waals surface area contributed by atoms with Crippen LogP contribution in [0.5, 0.6) is 0 Å². The number of amides is 2. The highest BCUT2D eigenvalue weighted by Gasteiger charge is 2.37. The molecule has 0 aromatic heterocycles. The normalized spacial score (nSPS) is 17.5. The quantitative estimate of drug-likeness (QED) is 0.884.